The predicted octanol–water partition coefficient (Wildman–Crippen LogP) is 1.40. The molecule has 4 rings (SSSR count). The summed E-state index contributed by atoms with van der Waals surface area (Å²) >= 11 is 0. The van der Waals surface area contributed by atoms with Crippen molar-refractivity contribution in [2.45, 2.75) is 51.0 Å². The zero-order valence-corrected chi connectivity index (χ0v) is 12.4. The van der Waals surface area contributed by atoms with Crippen molar-refractivity contribution in [1.82, 2.24) is 4.90 Å². The van der Waals surface area contributed by atoms with Gasteiger partial charge >= 0.3 is 0 Å². The minimum Gasteiger partial charge on any atom is -0.394 e. The maximum Gasteiger partial charge on any atom is 0.222 e. The molecule has 1 unspecified atom stereocenters. The fourth-order valence-corrected chi connectivity index (χ4v) is 5.44. The largest absolute Gasteiger partial charge is 0.394 e. The molecule has 0 aliphatic heterocycles. The zero-order chi connectivity index (χ0) is 14.3. The molecular formula is C16H27NO3. The number of hydrogen-bond acceptors (Lipinski definition) is 3. The predicted molar refractivity (Wildman–Crippen MR) is 76.0 cm³/mol. The van der Waals surface area contributed by atoms with Crippen molar-refractivity contribution in [3.05, 3.63) is 0 Å². The highest BCUT2D eigenvalue weighted by Crippen LogP contribution is 2.61. The second kappa shape index (κ2) is 5.30. The van der Waals surface area contributed by atoms with Gasteiger partial charge in [0.15, 0.2) is 0 Å². The molecule has 4 bridgehead atoms. The maximum atomic E-state index is 12.4. The number of hydrogen-bond donors (Lipinski definition) is 2. The second-order valence-corrected chi connectivity index (χ2v) is 7.70. The number of nitrogens with zero attached hydrogens (tertiary/aromatic N) is 1. The molecule has 0 aromatic heterocycles. The molecule has 4 nitrogen and oxygen atoms in total. The van der Waals surface area contributed by atoms with Crippen molar-refractivity contribution in [3.8, 4) is 0 Å². The van der Waals surface area contributed by atoms with Gasteiger partial charge in [-0.2, -0.15) is 0 Å². The standard InChI is InChI=1S/C16H27NO3/c1-17(9-14(19)10-18)15(20)8-16-5-11-2-12(6-16)4-13(3-11)7-16/h11-14,18-19H,2-10H2,1H3. The van der Waals surface area contributed by atoms with E-state index in [1.807, 2.05) is 0 Å². The molecule has 114 valence electrons. The van der Waals surface area contributed by atoms with Crippen LogP contribution in [0.15, 0.2) is 0 Å². The summed E-state index contributed by atoms with van der Waals surface area (Å²) in [6.07, 6.45) is 7.72. The van der Waals surface area contributed by atoms with Gasteiger partial charge in [-0.15, -0.1) is 0 Å². The van der Waals surface area contributed by atoms with Crippen molar-refractivity contribution in [3.63, 3.8) is 0 Å². The highest BCUT2D eigenvalue weighted by molar-refractivity contribution is 5.76. The summed E-state index contributed by atoms with van der Waals surface area (Å²) in [5.41, 5.74) is 0.254. The topological polar surface area (TPSA) is 60.8 Å². The van der Waals surface area contributed by atoms with Crippen molar-refractivity contribution >= 4 is 5.91 Å². The van der Waals surface area contributed by atoms with Crippen molar-refractivity contribution < 1.29 is 15.0 Å². The van der Waals surface area contributed by atoms with Crippen LogP contribution >= 0.6 is 0 Å². The molecule has 4 saturated carbocycles. The Hall–Kier alpha value is -0.610. The summed E-state index contributed by atoms with van der Waals surface area (Å²) in [5.74, 6) is 2.73. The monoisotopic (exact) mass is 281 g/mol. The lowest BCUT2D eigenvalue weighted by Gasteiger charge is -2.56. The van der Waals surface area contributed by atoms with Gasteiger partial charge < -0.3 is 15.1 Å². The number of aliphatic hydroxyl groups excluding tert-OH is 2. The lowest BCUT2D eigenvalue weighted by Crippen LogP contribution is -2.48. The van der Waals surface area contributed by atoms with Crippen molar-refractivity contribution in [1.29, 1.82) is 0 Å². The van der Waals surface area contributed by atoms with Gasteiger partial charge in [0, 0.05) is 20.0 Å². The molecule has 0 saturated heterocycles. The lowest BCUT2D eigenvalue weighted by atomic mass is 9.49. The fourth-order valence-electron chi connectivity index (χ4n) is 5.44. The first kappa shape index (κ1) is 14.3. The molecule has 1 atom stereocenters. The van der Waals surface area contributed by atoms with Crippen LogP contribution in [-0.4, -0.2) is 47.3 Å². The smallest absolute Gasteiger partial charge is 0.222 e. The first-order chi connectivity index (χ1) is 9.49. The normalized spacial score (nSPS) is 39.9. The van der Waals surface area contributed by atoms with Gasteiger partial charge in [-0.05, 0) is 61.7 Å². The number of carbonyl (C=O) groups is 1. The third-order valence-corrected chi connectivity index (χ3v) is 5.81. The molecule has 0 aromatic rings. The Morgan fingerprint density at radius 1 is 1.20 bits per heavy atom. The molecular weight excluding hydrogens is 254 g/mol. The Kier molecular flexibility index (Phi) is 3.80. The molecule has 20 heavy (non-hydrogen) atoms. The van der Waals surface area contributed by atoms with E-state index in [2.05, 4.69) is 0 Å². The minimum atomic E-state index is -0.819. The van der Waals surface area contributed by atoms with Crippen LogP contribution in [-0.2, 0) is 4.79 Å². The van der Waals surface area contributed by atoms with E-state index < -0.39 is 6.10 Å². The molecule has 4 fully saturated rings. The number of aliphatic hydroxyl groups is 2. The van der Waals surface area contributed by atoms with Crippen LogP contribution in [0.25, 0.3) is 0 Å². The van der Waals surface area contributed by atoms with Gasteiger partial charge in [0.25, 0.3) is 0 Å². The van der Waals surface area contributed by atoms with Gasteiger partial charge in [-0.3, -0.25) is 4.79 Å². The van der Waals surface area contributed by atoms with E-state index in [0.717, 1.165) is 17.8 Å². The average molecular weight is 281 g/mol. The van der Waals surface area contributed by atoms with Gasteiger partial charge in [0.1, 0.15) is 0 Å². The van der Waals surface area contributed by atoms with Gasteiger partial charge in [0.2, 0.25) is 5.91 Å². The van der Waals surface area contributed by atoms with Crippen molar-refractivity contribution in [2.24, 2.45) is 23.2 Å². The Morgan fingerprint density at radius 2 is 1.70 bits per heavy atom. The number of amides is 1. The zero-order valence-electron chi connectivity index (χ0n) is 12.4. The first-order valence-corrected chi connectivity index (χ1v) is 8.02. The quantitative estimate of drug-likeness (QED) is 0.801. The number of carbonyl (C=O) groups excluding carboxylic acids is 1. The summed E-state index contributed by atoms with van der Waals surface area (Å²) in [4.78, 5) is 14.0. The Labute approximate surface area is 121 Å². The summed E-state index contributed by atoms with van der Waals surface area (Å²) in [7, 11) is 1.74. The first-order valence-electron chi connectivity index (χ1n) is 8.02. The highest BCUT2D eigenvalue weighted by atomic mass is 16.3. The Balaban J connectivity index is 1.61. The molecule has 0 spiro atoms. The van der Waals surface area contributed by atoms with Crippen LogP contribution in [0.1, 0.15) is 44.9 Å². The third kappa shape index (κ3) is 2.73. The SMILES string of the molecule is CN(CC(O)CO)C(=O)CC12CC3CC(CC(C3)C1)C2. The molecule has 0 aromatic carbocycles. The maximum absolute atomic E-state index is 12.4. The van der Waals surface area contributed by atoms with Crippen LogP contribution in [0.2, 0.25) is 0 Å². The van der Waals surface area contributed by atoms with Crippen LogP contribution in [0.4, 0.5) is 0 Å². The van der Waals surface area contributed by atoms with E-state index in [-0.39, 0.29) is 24.5 Å². The van der Waals surface area contributed by atoms with E-state index in [4.69, 9.17) is 5.11 Å². The van der Waals surface area contributed by atoms with Crippen LogP contribution in [0, 0.1) is 23.2 Å². The fraction of sp³-hybridized carbons (Fsp3) is 0.938. The Morgan fingerprint density at radius 3 is 2.15 bits per heavy atom. The molecule has 1 amide bonds. The van der Waals surface area contributed by atoms with Gasteiger partial charge in [-0.25, -0.2) is 0 Å². The second-order valence-electron chi connectivity index (χ2n) is 7.70. The lowest BCUT2D eigenvalue weighted by molar-refractivity contribution is -0.139. The molecule has 0 radical (unpaired) electrons. The number of likely N-dealkylation sites (N-methyl/N-ethyl adjacent to an activating group) is 1. The van der Waals surface area contributed by atoms with Gasteiger partial charge in [0.05, 0.1) is 12.7 Å². The van der Waals surface area contributed by atoms with Gasteiger partial charge in [-0.1, -0.05) is 0 Å². The molecule has 4 aliphatic carbocycles. The van der Waals surface area contributed by atoms with E-state index in [1.165, 1.54) is 38.5 Å². The molecule has 0 heterocycles. The van der Waals surface area contributed by atoms with E-state index in [9.17, 15) is 9.90 Å². The van der Waals surface area contributed by atoms with Crippen molar-refractivity contribution in [2.75, 3.05) is 20.2 Å². The highest BCUT2D eigenvalue weighted by Gasteiger charge is 2.51. The van der Waals surface area contributed by atoms with E-state index >= 15 is 0 Å². The molecule has 4 aliphatic rings. The summed E-state index contributed by atoms with van der Waals surface area (Å²) in [6.45, 7) is -0.0450. The van der Waals surface area contributed by atoms with Crippen LogP contribution in [0.3, 0.4) is 0 Å². The summed E-state index contributed by atoms with van der Waals surface area (Å²) < 4.78 is 0. The molecule has 4 heteroatoms. The molecule has 2 N–H and O–H groups in total. The number of rotatable bonds is 5. The Bertz CT molecular complexity index is 347. The van der Waals surface area contributed by atoms with E-state index in [0.29, 0.717) is 6.42 Å². The average Bonchev–Trinajstić information content (AvgIpc) is 2.36. The summed E-state index contributed by atoms with van der Waals surface area (Å²) in [6, 6.07) is 0. The van der Waals surface area contributed by atoms with E-state index in [1.54, 1.807) is 11.9 Å². The minimum absolute atomic E-state index is 0.138. The third-order valence-electron chi connectivity index (χ3n) is 5.81. The summed E-state index contributed by atoms with van der Waals surface area (Å²) in [5, 5.41) is 18.3. The van der Waals surface area contributed by atoms with Crippen LogP contribution < -0.4 is 0 Å². The van der Waals surface area contributed by atoms with Crippen LogP contribution in [0.5, 0.6) is 0 Å².